The molecule has 1 N–H and O–H groups in total. The van der Waals surface area contributed by atoms with E-state index in [-0.39, 0.29) is 5.91 Å². The number of rotatable bonds is 7. The first-order valence-electron chi connectivity index (χ1n) is 9.52. The number of nitrogens with zero attached hydrogens (tertiary/aromatic N) is 2. The number of hydrogen-bond donors (Lipinski definition) is 1. The summed E-state index contributed by atoms with van der Waals surface area (Å²) in [5.41, 5.74) is 3.88. The molecule has 1 heterocycles. The first-order valence-corrected chi connectivity index (χ1v) is 10.3. The highest BCUT2D eigenvalue weighted by molar-refractivity contribution is 7.22. The lowest BCUT2D eigenvalue weighted by atomic mass is 10.1. The number of carbonyl (C=O) groups excluding carboxylic acids is 1. The van der Waals surface area contributed by atoms with Crippen LogP contribution in [-0.2, 0) is 0 Å². The number of fused-ring (bicyclic) bond motifs is 1. The number of methoxy groups -OCH3 is 1. The van der Waals surface area contributed by atoms with Crippen molar-refractivity contribution in [2.45, 2.75) is 20.3 Å². The second-order valence-corrected chi connectivity index (χ2v) is 8.40. The molecule has 0 radical (unpaired) electrons. The van der Waals surface area contributed by atoms with E-state index in [2.05, 4.69) is 40.1 Å². The molecule has 0 aliphatic carbocycles. The molecule has 0 bridgehead atoms. The lowest BCUT2D eigenvalue weighted by Gasteiger charge is -2.21. The van der Waals surface area contributed by atoms with Gasteiger partial charge in [0.25, 0.3) is 5.91 Å². The van der Waals surface area contributed by atoms with Crippen LogP contribution in [-0.4, -0.2) is 45.2 Å². The van der Waals surface area contributed by atoms with Crippen molar-refractivity contribution in [2.75, 3.05) is 39.2 Å². The number of ether oxygens (including phenoxy) is 1. The van der Waals surface area contributed by atoms with Crippen molar-refractivity contribution in [3.05, 3.63) is 53.1 Å². The van der Waals surface area contributed by atoms with E-state index in [1.807, 2.05) is 24.3 Å². The lowest BCUT2D eigenvalue weighted by molar-refractivity contribution is -0.858. The van der Waals surface area contributed by atoms with Crippen LogP contribution in [0.1, 0.15) is 27.9 Å². The molecule has 6 heteroatoms. The van der Waals surface area contributed by atoms with Crippen LogP contribution in [0.2, 0.25) is 0 Å². The van der Waals surface area contributed by atoms with Gasteiger partial charge in [0, 0.05) is 13.0 Å². The summed E-state index contributed by atoms with van der Waals surface area (Å²) < 4.78 is 6.53. The molecule has 28 heavy (non-hydrogen) atoms. The maximum absolute atomic E-state index is 13.4. The van der Waals surface area contributed by atoms with Gasteiger partial charge in [0.1, 0.15) is 5.75 Å². The van der Waals surface area contributed by atoms with E-state index in [4.69, 9.17) is 9.72 Å². The molecule has 2 aromatic carbocycles. The zero-order valence-corrected chi connectivity index (χ0v) is 18.0. The Morgan fingerprint density at radius 1 is 1.21 bits per heavy atom. The fraction of sp³-hybridized carbons (Fsp3) is 0.364. The molecular weight excluding hydrogens is 370 g/mol. The molecule has 0 spiro atoms. The minimum Gasteiger partial charge on any atom is -0.496 e. The fourth-order valence-corrected chi connectivity index (χ4v) is 4.48. The highest BCUT2D eigenvalue weighted by Crippen LogP contribution is 2.33. The number of aromatic nitrogens is 1. The van der Waals surface area contributed by atoms with E-state index in [1.165, 1.54) is 10.5 Å². The van der Waals surface area contributed by atoms with Crippen LogP contribution in [0.15, 0.2) is 36.4 Å². The number of para-hydroxylation sites is 1. The molecular formula is C22H28N3O2S+. The zero-order valence-electron chi connectivity index (χ0n) is 17.2. The van der Waals surface area contributed by atoms with Gasteiger partial charge in [-0.3, -0.25) is 9.69 Å². The van der Waals surface area contributed by atoms with E-state index >= 15 is 0 Å². The Hall–Kier alpha value is -2.44. The predicted molar refractivity (Wildman–Crippen MR) is 116 cm³/mol. The minimum absolute atomic E-state index is 0.0698. The van der Waals surface area contributed by atoms with Crippen molar-refractivity contribution in [1.29, 1.82) is 0 Å². The summed E-state index contributed by atoms with van der Waals surface area (Å²) >= 11 is 1.58. The standard InChI is InChI=1S/C22H27N3O2S/c1-15-13-16(2)20-19(14-15)28-22(23-20)25(12-8-11-24(3)4)21(26)17-9-6-7-10-18(17)27-5/h6-7,9-10,13-14H,8,11-12H2,1-5H3/p+1. The number of aryl methyl sites for hydroxylation is 2. The summed E-state index contributed by atoms with van der Waals surface area (Å²) in [4.78, 5) is 21.4. The second-order valence-electron chi connectivity index (χ2n) is 7.39. The molecule has 148 valence electrons. The number of anilines is 1. The molecule has 0 fully saturated rings. The van der Waals surface area contributed by atoms with Gasteiger partial charge in [0.2, 0.25) is 0 Å². The zero-order chi connectivity index (χ0) is 20.3. The lowest BCUT2D eigenvalue weighted by Crippen LogP contribution is -3.05. The molecule has 0 aliphatic rings. The summed E-state index contributed by atoms with van der Waals surface area (Å²) in [6, 6.07) is 11.6. The molecule has 0 saturated heterocycles. The first kappa shape index (κ1) is 20.3. The van der Waals surface area contributed by atoms with Gasteiger partial charge in [0.15, 0.2) is 5.13 Å². The molecule has 1 amide bonds. The number of carbonyl (C=O) groups is 1. The Labute approximate surface area is 170 Å². The van der Waals surface area contributed by atoms with Crippen LogP contribution in [0.25, 0.3) is 10.2 Å². The maximum atomic E-state index is 13.4. The van der Waals surface area contributed by atoms with Gasteiger partial charge >= 0.3 is 0 Å². The smallest absolute Gasteiger partial charge is 0.263 e. The SMILES string of the molecule is COc1ccccc1C(=O)N(CCC[NH+](C)C)c1nc2c(C)cc(C)cc2s1. The molecule has 0 saturated carbocycles. The van der Waals surface area contributed by atoms with Gasteiger partial charge in [-0.2, -0.15) is 0 Å². The predicted octanol–water partition coefficient (Wildman–Crippen LogP) is 3.10. The molecule has 0 aliphatic heterocycles. The monoisotopic (exact) mass is 398 g/mol. The summed E-state index contributed by atoms with van der Waals surface area (Å²) in [5.74, 6) is 0.517. The largest absolute Gasteiger partial charge is 0.496 e. The van der Waals surface area contributed by atoms with Crippen molar-refractivity contribution in [1.82, 2.24) is 4.98 Å². The minimum atomic E-state index is -0.0698. The average Bonchev–Trinajstić information content (AvgIpc) is 3.08. The molecule has 5 nitrogen and oxygen atoms in total. The van der Waals surface area contributed by atoms with Crippen LogP contribution in [0.3, 0.4) is 0 Å². The van der Waals surface area contributed by atoms with Crippen molar-refractivity contribution in [3.63, 3.8) is 0 Å². The van der Waals surface area contributed by atoms with E-state index in [0.717, 1.165) is 33.9 Å². The third kappa shape index (κ3) is 4.34. The van der Waals surface area contributed by atoms with Gasteiger partial charge in [-0.25, -0.2) is 4.98 Å². The Morgan fingerprint density at radius 3 is 2.68 bits per heavy atom. The first-order chi connectivity index (χ1) is 13.4. The second kappa shape index (κ2) is 8.71. The highest BCUT2D eigenvalue weighted by Gasteiger charge is 2.24. The molecule has 1 aromatic heterocycles. The number of quaternary nitrogens is 1. The fourth-order valence-electron chi connectivity index (χ4n) is 3.32. The van der Waals surface area contributed by atoms with Gasteiger partial charge in [-0.15, -0.1) is 0 Å². The van der Waals surface area contributed by atoms with E-state index < -0.39 is 0 Å². The van der Waals surface area contributed by atoms with E-state index in [0.29, 0.717) is 17.9 Å². The number of nitrogens with one attached hydrogen (secondary N) is 1. The summed E-state index contributed by atoms with van der Waals surface area (Å²) in [6.45, 7) is 5.77. The molecule has 0 atom stereocenters. The van der Waals surface area contributed by atoms with Crippen LogP contribution in [0.5, 0.6) is 5.75 Å². The molecule has 3 aromatic rings. The van der Waals surface area contributed by atoms with Gasteiger partial charge in [-0.05, 0) is 43.2 Å². The summed E-state index contributed by atoms with van der Waals surface area (Å²) in [6.07, 6.45) is 0.900. The Bertz CT molecular complexity index is 981. The van der Waals surface area contributed by atoms with Crippen molar-refractivity contribution < 1.29 is 14.4 Å². The van der Waals surface area contributed by atoms with Crippen LogP contribution in [0, 0.1) is 13.8 Å². The van der Waals surface area contributed by atoms with E-state index in [1.54, 1.807) is 23.3 Å². The average molecular weight is 399 g/mol. The Kier molecular flexibility index (Phi) is 6.31. The number of amides is 1. The summed E-state index contributed by atoms with van der Waals surface area (Å²) in [5, 5.41) is 0.744. The Morgan fingerprint density at radius 2 is 1.96 bits per heavy atom. The van der Waals surface area contributed by atoms with Crippen molar-refractivity contribution in [2.24, 2.45) is 0 Å². The normalized spacial score (nSPS) is 11.2. The quantitative estimate of drug-likeness (QED) is 0.665. The van der Waals surface area contributed by atoms with E-state index in [9.17, 15) is 4.79 Å². The Balaban J connectivity index is 2.01. The third-order valence-corrected chi connectivity index (χ3v) is 5.72. The molecule has 3 rings (SSSR count). The number of benzene rings is 2. The molecule has 0 unspecified atom stereocenters. The van der Waals surface area contributed by atoms with Crippen LogP contribution < -0.4 is 14.5 Å². The topological polar surface area (TPSA) is 46.9 Å². The number of hydrogen-bond acceptors (Lipinski definition) is 4. The van der Waals surface area contributed by atoms with Crippen molar-refractivity contribution in [3.8, 4) is 5.75 Å². The van der Waals surface area contributed by atoms with Gasteiger partial charge in [-0.1, -0.05) is 29.5 Å². The van der Waals surface area contributed by atoms with Gasteiger partial charge < -0.3 is 9.64 Å². The van der Waals surface area contributed by atoms with Gasteiger partial charge in [0.05, 0.1) is 43.5 Å². The highest BCUT2D eigenvalue weighted by atomic mass is 32.1. The van der Waals surface area contributed by atoms with Crippen molar-refractivity contribution >= 4 is 32.6 Å². The summed E-state index contributed by atoms with van der Waals surface area (Å²) in [7, 11) is 5.84. The number of thiazole rings is 1. The van der Waals surface area contributed by atoms with Crippen LogP contribution >= 0.6 is 11.3 Å². The van der Waals surface area contributed by atoms with Crippen LogP contribution in [0.4, 0.5) is 5.13 Å². The maximum Gasteiger partial charge on any atom is 0.263 e. The third-order valence-electron chi connectivity index (χ3n) is 4.69.